The van der Waals surface area contributed by atoms with Gasteiger partial charge in [-0.1, -0.05) is 15.9 Å². The highest BCUT2D eigenvalue weighted by atomic mass is 79.9. The van der Waals surface area contributed by atoms with Crippen LogP contribution in [0.25, 0.3) is 0 Å². The fraction of sp³-hybridized carbons (Fsp3) is 0.269. The van der Waals surface area contributed by atoms with Crippen LogP contribution in [-0.4, -0.2) is 23.9 Å². The maximum absolute atomic E-state index is 6.44. The molecule has 5 nitrogen and oxygen atoms in total. The number of benzene rings is 3. The first-order valence-corrected chi connectivity index (χ1v) is 11.5. The van der Waals surface area contributed by atoms with E-state index in [-0.39, 0.29) is 18.4 Å². The second kappa shape index (κ2) is 8.51. The maximum atomic E-state index is 6.44. The molecule has 0 bridgehead atoms. The minimum Gasteiger partial charge on any atom is -0.497 e. The Morgan fingerprint density at radius 2 is 1.72 bits per heavy atom. The topological polar surface area (TPSA) is 43.3 Å². The maximum Gasteiger partial charge on any atom is 0.213 e. The first kappa shape index (κ1) is 20.9. The molecule has 164 valence electrons. The van der Waals surface area contributed by atoms with E-state index in [1.54, 1.807) is 7.11 Å². The van der Waals surface area contributed by atoms with Crippen molar-refractivity contribution in [1.29, 1.82) is 0 Å². The number of nitrogens with zero attached hydrogens (tertiary/aromatic N) is 2. The standard InChI is InChI=1S/C26H25BrN2O3/c1-16(2)31-21-11-4-17(5-12-21)23-15-24-22-14-19(27)8-13-25(22)32-26(29(24)28-23)18-6-9-20(30-3)10-7-18/h4-14,16,24,26H,15H2,1-3H3/t24-,26-/m0/s1. The lowest BCUT2D eigenvalue weighted by Crippen LogP contribution is -2.33. The summed E-state index contributed by atoms with van der Waals surface area (Å²) in [5.74, 6) is 2.58. The van der Waals surface area contributed by atoms with Crippen LogP contribution >= 0.6 is 15.9 Å². The Hall–Kier alpha value is -2.99. The van der Waals surface area contributed by atoms with Crippen LogP contribution < -0.4 is 14.2 Å². The lowest BCUT2D eigenvalue weighted by atomic mass is 9.96. The van der Waals surface area contributed by atoms with E-state index < -0.39 is 0 Å². The van der Waals surface area contributed by atoms with E-state index in [9.17, 15) is 0 Å². The van der Waals surface area contributed by atoms with Crippen molar-refractivity contribution in [2.24, 2.45) is 5.10 Å². The van der Waals surface area contributed by atoms with Crippen LogP contribution in [0.4, 0.5) is 0 Å². The Morgan fingerprint density at radius 3 is 2.41 bits per heavy atom. The number of hydrazone groups is 1. The van der Waals surface area contributed by atoms with E-state index in [1.165, 1.54) is 0 Å². The van der Waals surface area contributed by atoms with Gasteiger partial charge in [0.15, 0.2) is 0 Å². The number of fused-ring (bicyclic) bond motifs is 3. The predicted molar refractivity (Wildman–Crippen MR) is 128 cm³/mol. The third-order valence-corrected chi connectivity index (χ3v) is 6.21. The molecule has 2 atom stereocenters. The summed E-state index contributed by atoms with van der Waals surface area (Å²) in [6, 6.07) is 22.5. The van der Waals surface area contributed by atoms with Gasteiger partial charge < -0.3 is 14.2 Å². The van der Waals surface area contributed by atoms with Crippen LogP contribution in [0.5, 0.6) is 17.2 Å². The van der Waals surface area contributed by atoms with Gasteiger partial charge in [0.2, 0.25) is 6.23 Å². The molecule has 0 amide bonds. The SMILES string of the molecule is COc1ccc([C@@H]2Oc3ccc(Br)cc3[C@@H]3CC(c4ccc(OC(C)C)cc4)=NN32)cc1. The van der Waals surface area contributed by atoms with Crippen molar-refractivity contribution < 1.29 is 14.2 Å². The first-order valence-electron chi connectivity index (χ1n) is 10.7. The molecule has 0 aromatic heterocycles. The second-order valence-electron chi connectivity index (χ2n) is 8.26. The normalized spacial score (nSPS) is 19.2. The molecule has 3 aromatic carbocycles. The summed E-state index contributed by atoms with van der Waals surface area (Å²) < 4.78 is 18.6. The Balaban J connectivity index is 1.51. The number of halogens is 1. The van der Waals surface area contributed by atoms with Crippen molar-refractivity contribution >= 4 is 21.6 Å². The van der Waals surface area contributed by atoms with E-state index in [1.807, 2.05) is 62.4 Å². The summed E-state index contributed by atoms with van der Waals surface area (Å²) in [5, 5.41) is 7.13. The summed E-state index contributed by atoms with van der Waals surface area (Å²) >= 11 is 3.61. The predicted octanol–water partition coefficient (Wildman–Crippen LogP) is 6.49. The van der Waals surface area contributed by atoms with Gasteiger partial charge in [-0.15, -0.1) is 0 Å². The van der Waals surface area contributed by atoms with Crippen LogP contribution in [0.2, 0.25) is 0 Å². The quantitative estimate of drug-likeness (QED) is 0.408. The Labute approximate surface area is 196 Å². The third kappa shape index (κ3) is 3.95. The summed E-state index contributed by atoms with van der Waals surface area (Å²) in [5.41, 5.74) is 4.32. The molecule has 6 heteroatoms. The van der Waals surface area contributed by atoms with Crippen molar-refractivity contribution in [3.63, 3.8) is 0 Å². The molecule has 0 fully saturated rings. The van der Waals surface area contributed by atoms with Crippen LogP contribution in [0.15, 0.2) is 76.3 Å². The number of rotatable bonds is 5. The van der Waals surface area contributed by atoms with E-state index in [0.717, 1.165) is 50.5 Å². The van der Waals surface area contributed by atoms with Gasteiger partial charge in [0.05, 0.1) is 25.0 Å². The van der Waals surface area contributed by atoms with Crippen LogP contribution in [0.1, 0.15) is 49.2 Å². The monoisotopic (exact) mass is 492 g/mol. The highest BCUT2D eigenvalue weighted by Crippen LogP contribution is 2.48. The molecular weight excluding hydrogens is 468 g/mol. The lowest BCUT2D eigenvalue weighted by Gasteiger charge is -2.38. The Kier molecular flexibility index (Phi) is 5.55. The number of hydrogen-bond donors (Lipinski definition) is 0. The zero-order valence-corrected chi connectivity index (χ0v) is 19.9. The highest BCUT2D eigenvalue weighted by molar-refractivity contribution is 9.10. The minimum atomic E-state index is -0.305. The molecule has 3 aromatic rings. The van der Waals surface area contributed by atoms with Gasteiger partial charge in [-0.25, -0.2) is 5.01 Å². The molecule has 0 radical (unpaired) electrons. The third-order valence-electron chi connectivity index (χ3n) is 5.71. The van der Waals surface area contributed by atoms with Crippen LogP contribution in [0.3, 0.4) is 0 Å². The lowest BCUT2D eigenvalue weighted by molar-refractivity contribution is -0.0191. The van der Waals surface area contributed by atoms with Gasteiger partial charge in [-0.2, -0.15) is 5.10 Å². The highest BCUT2D eigenvalue weighted by Gasteiger charge is 2.41. The molecule has 0 saturated carbocycles. The number of hydrogen-bond acceptors (Lipinski definition) is 5. The molecule has 0 spiro atoms. The smallest absolute Gasteiger partial charge is 0.213 e. The molecular formula is C26H25BrN2O3. The van der Waals surface area contributed by atoms with Crippen molar-refractivity contribution in [3.05, 3.63) is 87.9 Å². The molecule has 0 unspecified atom stereocenters. The fourth-order valence-electron chi connectivity index (χ4n) is 4.22. The molecule has 2 aliphatic heterocycles. The molecule has 0 N–H and O–H groups in total. The zero-order chi connectivity index (χ0) is 22.2. The van der Waals surface area contributed by atoms with Gasteiger partial charge in [0, 0.05) is 22.0 Å². The van der Waals surface area contributed by atoms with Gasteiger partial charge in [-0.05, 0) is 86.1 Å². The Morgan fingerprint density at radius 1 is 1.00 bits per heavy atom. The van der Waals surface area contributed by atoms with Gasteiger partial charge in [-0.3, -0.25) is 0 Å². The van der Waals surface area contributed by atoms with Gasteiger partial charge in [0.1, 0.15) is 17.2 Å². The number of methoxy groups -OCH3 is 1. The number of ether oxygens (including phenoxy) is 3. The largest absolute Gasteiger partial charge is 0.497 e. The fourth-order valence-corrected chi connectivity index (χ4v) is 4.60. The van der Waals surface area contributed by atoms with E-state index >= 15 is 0 Å². The molecule has 0 aliphatic carbocycles. The second-order valence-corrected chi connectivity index (χ2v) is 9.18. The average molecular weight is 493 g/mol. The molecule has 2 aliphatic rings. The zero-order valence-electron chi connectivity index (χ0n) is 18.3. The van der Waals surface area contributed by atoms with Crippen molar-refractivity contribution in [2.75, 3.05) is 7.11 Å². The van der Waals surface area contributed by atoms with E-state index in [2.05, 4.69) is 39.1 Å². The minimum absolute atomic E-state index is 0.102. The van der Waals surface area contributed by atoms with Crippen LogP contribution in [0, 0.1) is 0 Å². The van der Waals surface area contributed by atoms with Gasteiger partial charge >= 0.3 is 0 Å². The summed E-state index contributed by atoms with van der Waals surface area (Å²) in [4.78, 5) is 0. The molecule has 0 saturated heterocycles. The van der Waals surface area contributed by atoms with E-state index in [4.69, 9.17) is 19.3 Å². The van der Waals surface area contributed by atoms with Crippen molar-refractivity contribution in [1.82, 2.24) is 5.01 Å². The van der Waals surface area contributed by atoms with Crippen molar-refractivity contribution in [3.8, 4) is 17.2 Å². The average Bonchev–Trinajstić information content (AvgIpc) is 3.25. The molecule has 5 rings (SSSR count). The summed E-state index contributed by atoms with van der Waals surface area (Å²) in [6.07, 6.45) is 0.653. The summed E-state index contributed by atoms with van der Waals surface area (Å²) in [7, 11) is 1.67. The van der Waals surface area contributed by atoms with E-state index in [0.29, 0.717) is 0 Å². The first-order chi connectivity index (χ1) is 15.5. The van der Waals surface area contributed by atoms with Crippen LogP contribution in [-0.2, 0) is 0 Å². The Bertz CT molecular complexity index is 1140. The molecule has 32 heavy (non-hydrogen) atoms. The van der Waals surface area contributed by atoms with Gasteiger partial charge in [0.25, 0.3) is 0 Å². The van der Waals surface area contributed by atoms with Crippen molar-refractivity contribution in [2.45, 2.75) is 38.6 Å². The molecule has 2 heterocycles. The summed E-state index contributed by atoms with van der Waals surface area (Å²) in [6.45, 7) is 4.06.